The van der Waals surface area contributed by atoms with Crippen LogP contribution in [0.1, 0.15) is 26.2 Å². The molecule has 1 aliphatic rings. The van der Waals surface area contributed by atoms with Crippen LogP contribution in [0.25, 0.3) is 11.3 Å². The molecule has 0 atom stereocenters. The van der Waals surface area contributed by atoms with Crippen molar-refractivity contribution in [1.82, 2.24) is 24.4 Å². The topological polar surface area (TPSA) is 110 Å². The second-order valence-electron chi connectivity index (χ2n) is 7.29. The summed E-state index contributed by atoms with van der Waals surface area (Å²) in [5, 5.41) is 8.05. The van der Waals surface area contributed by atoms with E-state index in [0.29, 0.717) is 25.5 Å². The molecule has 13 heteroatoms. The van der Waals surface area contributed by atoms with Gasteiger partial charge in [0.2, 0.25) is 5.88 Å². The van der Waals surface area contributed by atoms with Gasteiger partial charge >= 0.3 is 12.1 Å². The lowest BCUT2D eigenvalue weighted by molar-refractivity contribution is -0.192. The van der Waals surface area contributed by atoms with E-state index in [9.17, 15) is 18.0 Å². The van der Waals surface area contributed by atoms with Crippen molar-refractivity contribution in [1.29, 1.82) is 0 Å². The molecule has 182 valence electrons. The highest BCUT2D eigenvalue weighted by Crippen LogP contribution is 2.26. The molecular weight excluding hydrogens is 475 g/mol. The second-order valence-corrected chi connectivity index (χ2v) is 8.49. The number of aliphatic carboxylic acids is 1. The largest absolute Gasteiger partial charge is 0.490 e. The van der Waals surface area contributed by atoms with Crippen LogP contribution in [0.5, 0.6) is 5.88 Å². The molecule has 0 radical (unpaired) electrons. The Morgan fingerprint density at radius 2 is 1.88 bits per heavy atom. The molecule has 0 aromatic carbocycles. The average molecular weight is 497 g/mol. The quantitative estimate of drug-likeness (QED) is 0.591. The first kappa shape index (κ1) is 25.1. The maximum atomic E-state index is 12.9. The Hall–Kier alpha value is -3.48. The Labute approximate surface area is 196 Å². The number of fused-ring (bicyclic) bond motifs is 1. The first-order valence-corrected chi connectivity index (χ1v) is 10.9. The number of nitrogens with zero attached hydrogens (tertiary/aromatic N) is 5. The minimum absolute atomic E-state index is 0.0657. The number of hydrogen-bond acceptors (Lipinski definition) is 7. The average Bonchev–Trinajstić information content (AvgIpc) is 3.28. The van der Waals surface area contributed by atoms with Gasteiger partial charge in [0.1, 0.15) is 10.7 Å². The molecule has 0 spiro atoms. The molecule has 0 fully saturated rings. The molecule has 0 aliphatic carbocycles. The molecule has 9 nitrogen and oxygen atoms in total. The fraction of sp³-hybridized carbons (Fsp3) is 0.381. The lowest BCUT2D eigenvalue weighted by Crippen LogP contribution is -2.33. The highest BCUT2D eigenvalue weighted by atomic mass is 32.1. The van der Waals surface area contributed by atoms with Gasteiger partial charge in [-0.1, -0.05) is 0 Å². The third kappa shape index (κ3) is 5.71. The summed E-state index contributed by atoms with van der Waals surface area (Å²) in [4.78, 5) is 37.6. The van der Waals surface area contributed by atoms with E-state index < -0.39 is 12.1 Å². The fourth-order valence-corrected chi connectivity index (χ4v) is 4.31. The van der Waals surface area contributed by atoms with E-state index in [0.717, 1.165) is 39.1 Å². The number of carboxylic acid groups (broad SMARTS) is 1. The molecule has 3 aromatic heterocycles. The van der Waals surface area contributed by atoms with Gasteiger partial charge in [0.05, 0.1) is 29.7 Å². The van der Waals surface area contributed by atoms with Gasteiger partial charge in [0, 0.05) is 43.9 Å². The Bertz CT molecular complexity index is 1190. The smallest absolute Gasteiger partial charge is 0.481 e. The summed E-state index contributed by atoms with van der Waals surface area (Å²) in [7, 11) is 1.61. The number of carbonyl (C=O) groups excluding carboxylic acids is 1. The predicted octanol–water partition coefficient (Wildman–Crippen LogP) is 3.36. The zero-order chi connectivity index (χ0) is 25.0. The number of ether oxygens (including phenoxy) is 1. The molecule has 4 heterocycles. The predicted molar refractivity (Wildman–Crippen MR) is 117 cm³/mol. The van der Waals surface area contributed by atoms with E-state index in [1.54, 1.807) is 13.3 Å². The molecule has 0 bridgehead atoms. The van der Waals surface area contributed by atoms with Gasteiger partial charge in [0.15, 0.2) is 0 Å². The molecule has 1 aliphatic heterocycles. The van der Waals surface area contributed by atoms with E-state index in [1.165, 1.54) is 11.3 Å². The first-order chi connectivity index (χ1) is 16.0. The van der Waals surface area contributed by atoms with Crippen molar-refractivity contribution in [3.63, 3.8) is 0 Å². The lowest BCUT2D eigenvalue weighted by Gasteiger charge is -2.19. The van der Waals surface area contributed by atoms with Crippen molar-refractivity contribution in [2.45, 2.75) is 33.0 Å². The van der Waals surface area contributed by atoms with Crippen LogP contribution in [0.2, 0.25) is 0 Å². The van der Waals surface area contributed by atoms with E-state index in [2.05, 4.69) is 19.5 Å². The molecule has 1 amide bonds. The number of aromatic nitrogens is 4. The summed E-state index contributed by atoms with van der Waals surface area (Å²) < 4.78 is 39.2. The number of imidazole rings is 1. The number of aryl methyl sites for hydroxylation is 2. The SMILES string of the molecule is COc1cc(-c2cnc3n2CCN(C(=O)c2sc(C)nc2C)CC3)ccn1.O=C(O)C(F)(F)F. The van der Waals surface area contributed by atoms with Crippen molar-refractivity contribution in [3.8, 4) is 17.1 Å². The minimum atomic E-state index is -5.08. The number of rotatable bonds is 3. The zero-order valence-electron chi connectivity index (χ0n) is 18.6. The van der Waals surface area contributed by atoms with Gasteiger partial charge in [-0.25, -0.2) is 19.7 Å². The summed E-state index contributed by atoms with van der Waals surface area (Å²) in [5.74, 6) is -1.12. The summed E-state index contributed by atoms with van der Waals surface area (Å²) >= 11 is 1.47. The fourth-order valence-electron chi connectivity index (χ4n) is 3.42. The number of alkyl halides is 3. The molecule has 34 heavy (non-hydrogen) atoms. The molecule has 4 rings (SSSR count). The summed E-state index contributed by atoms with van der Waals surface area (Å²) in [6, 6.07) is 3.85. The summed E-state index contributed by atoms with van der Waals surface area (Å²) in [5.41, 5.74) is 2.84. The number of carbonyl (C=O) groups is 2. The molecule has 0 saturated carbocycles. The third-order valence-electron chi connectivity index (χ3n) is 5.00. The third-order valence-corrected chi connectivity index (χ3v) is 6.07. The van der Waals surface area contributed by atoms with Gasteiger partial charge < -0.3 is 19.3 Å². The van der Waals surface area contributed by atoms with E-state index >= 15 is 0 Å². The number of thiazole rings is 1. The monoisotopic (exact) mass is 497 g/mol. The maximum Gasteiger partial charge on any atom is 0.490 e. The maximum absolute atomic E-state index is 12.9. The van der Waals surface area contributed by atoms with Gasteiger partial charge in [-0.3, -0.25) is 4.79 Å². The number of amides is 1. The normalized spacial score (nSPS) is 13.4. The Morgan fingerprint density at radius 1 is 1.18 bits per heavy atom. The zero-order valence-corrected chi connectivity index (χ0v) is 19.4. The first-order valence-electron chi connectivity index (χ1n) is 10.1. The van der Waals surface area contributed by atoms with Crippen molar-refractivity contribution < 1.29 is 32.6 Å². The summed E-state index contributed by atoms with van der Waals surface area (Å²) in [6.07, 6.45) is -0.737. The number of carboxylic acids is 1. The van der Waals surface area contributed by atoms with Crippen LogP contribution in [0.3, 0.4) is 0 Å². The highest BCUT2D eigenvalue weighted by Gasteiger charge is 2.38. The van der Waals surface area contributed by atoms with E-state index in [-0.39, 0.29) is 5.91 Å². The van der Waals surface area contributed by atoms with Crippen LogP contribution < -0.4 is 4.74 Å². The van der Waals surface area contributed by atoms with Gasteiger partial charge in [0.25, 0.3) is 5.91 Å². The summed E-state index contributed by atoms with van der Waals surface area (Å²) in [6.45, 7) is 5.84. The standard InChI is InChI=1S/C19H21N5O2S.C2HF3O2/c1-12-18(27-13(2)22-12)19(25)23-7-5-16-21-11-15(24(16)9-8-23)14-4-6-20-17(10-14)26-3;3-2(4,5)1(6)7/h4,6,10-11H,5,7-9H2,1-3H3;(H,6,7). The highest BCUT2D eigenvalue weighted by molar-refractivity contribution is 7.13. The van der Waals surface area contributed by atoms with Crippen molar-refractivity contribution in [2.75, 3.05) is 20.2 Å². The molecule has 0 saturated heterocycles. The van der Waals surface area contributed by atoms with Crippen molar-refractivity contribution in [2.24, 2.45) is 0 Å². The number of halogens is 3. The van der Waals surface area contributed by atoms with Crippen molar-refractivity contribution >= 4 is 23.2 Å². The van der Waals surface area contributed by atoms with E-state index in [1.807, 2.05) is 37.1 Å². The van der Waals surface area contributed by atoms with Crippen LogP contribution in [0, 0.1) is 13.8 Å². The van der Waals surface area contributed by atoms with Crippen LogP contribution >= 0.6 is 11.3 Å². The second kappa shape index (κ2) is 10.2. The Balaban J connectivity index is 0.000000406. The van der Waals surface area contributed by atoms with E-state index in [4.69, 9.17) is 14.6 Å². The van der Waals surface area contributed by atoms with Crippen LogP contribution in [-0.4, -0.2) is 67.8 Å². The van der Waals surface area contributed by atoms with Crippen LogP contribution in [0.15, 0.2) is 24.5 Å². The van der Waals surface area contributed by atoms with Crippen molar-refractivity contribution in [3.05, 3.63) is 45.9 Å². The molecule has 3 aromatic rings. The molecule has 1 N–H and O–H groups in total. The van der Waals surface area contributed by atoms with Gasteiger partial charge in [-0.15, -0.1) is 11.3 Å². The Morgan fingerprint density at radius 3 is 2.47 bits per heavy atom. The Kier molecular flexibility index (Phi) is 7.54. The van der Waals surface area contributed by atoms with Gasteiger partial charge in [-0.2, -0.15) is 13.2 Å². The number of methoxy groups -OCH3 is 1. The minimum Gasteiger partial charge on any atom is -0.481 e. The number of hydrogen-bond donors (Lipinski definition) is 1. The van der Waals surface area contributed by atoms with Crippen LogP contribution in [0.4, 0.5) is 13.2 Å². The van der Waals surface area contributed by atoms with Gasteiger partial charge in [-0.05, 0) is 19.9 Å². The lowest BCUT2D eigenvalue weighted by atomic mass is 10.2. The number of pyridine rings is 1. The molecule has 0 unspecified atom stereocenters. The van der Waals surface area contributed by atoms with Crippen LogP contribution in [-0.2, 0) is 17.8 Å². The molecular formula is C21H22F3N5O4S.